The quantitative estimate of drug-likeness (QED) is 0.642. The molecule has 0 aromatic heterocycles. The van der Waals surface area contributed by atoms with Crippen LogP contribution in [0.1, 0.15) is 23.2 Å². The maximum atomic E-state index is 12.6. The minimum atomic E-state index is -3.80. The van der Waals surface area contributed by atoms with Crippen LogP contribution in [0.25, 0.3) is 0 Å². The summed E-state index contributed by atoms with van der Waals surface area (Å²) in [6, 6.07) is 4.07. The fourth-order valence-electron chi connectivity index (χ4n) is 2.91. The molecule has 1 unspecified atom stereocenters. The third-order valence-electron chi connectivity index (χ3n) is 4.24. The maximum Gasteiger partial charge on any atom is 0.341 e. The summed E-state index contributed by atoms with van der Waals surface area (Å²) in [5.41, 5.74) is -0.363. The zero-order chi connectivity index (χ0) is 18.5. The number of carbonyl (C=O) groups excluding carboxylic acids is 1. The molecule has 1 aliphatic rings. The molecule has 0 bridgehead atoms. The Labute approximate surface area is 147 Å². The van der Waals surface area contributed by atoms with E-state index >= 15 is 0 Å². The van der Waals surface area contributed by atoms with E-state index in [0.29, 0.717) is 6.61 Å². The predicted octanol–water partition coefficient (Wildman–Crippen LogP) is 0.529. The van der Waals surface area contributed by atoms with Gasteiger partial charge in [0.1, 0.15) is 11.3 Å². The number of esters is 1. The number of sulfonamides is 1. The fourth-order valence-corrected chi connectivity index (χ4v) is 4.06. The lowest BCUT2D eigenvalue weighted by atomic mass is 9.99. The highest BCUT2D eigenvalue weighted by Gasteiger charge is 2.35. The molecule has 1 aliphatic heterocycles. The van der Waals surface area contributed by atoms with Gasteiger partial charge in [0.05, 0.1) is 31.3 Å². The molecule has 25 heavy (non-hydrogen) atoms. The summed E-state index contributed by atoms with van der Waals surface area (Å²) < 4.78 is 42.8. The molecule has 8 nitrogen and oxygen atoms in total. The van der Waals surface area contributed by atoms with Gasteiger partial charge in [0.2, 0.25) is 10.0 Å². The van der Waals surface area contributed by atoms with Crippen LogP contribution in [-0.2, 0) is 19.5 Å². The molecule has 1 atom stereocenters. The minimum Gasteiger partial charge on any atom is -0.496 e. The van der Waals surface area contributed by atoms with Crippen LogP contribution in [0.5, 0.6) is 5.75 Å². The van der Waals surface area contributed by atoms with Crippen LogP contribution in [0.15, 0.2) is 23.1 Å². The Hall–Kier alpha value is -1.68. The van der Waals surface area contributed by atoms with Crippen LogP contribution in [0, 0.1) is 0 Å². The lowest BCUT2D eigenvalue weighted by molar-refractivity contribution is 0.0597. The third-order valence-corrected chi connectivity index (χ3v) is 5.64. The number of hydrogen-bond donors (Lipinski definition) is 2. The van der Waals surface area contributed by atoms with Crippen LogP contribution in [0.4, 0.5) is 0 Å². The summed E-state index contributed by atoms with van der Waals surface area (Å²) in [6.45, 7) is 1.43. The highest BCUT2D eigenvalue weighted by molar-refractivity contribution is 7.89. The van der Waals surface area contributed by atoms with Gasteiger partial charge in [0.15, 0.2) is 0 Å². The molecule has 0 aliphatic carbocycles. The van der Waals surface area contributed by atoms with E-state index in [4.69, 9.17) is 9.47 Å². The lowest BCUT2D eigenvalue weighted by Crippen LogP contribution is -2.52. The molecule has 2 rings (SSSR count). The highest BCUT2D eigenvalue weighted by Crippen LogP contribution is 2.24. The second-order valence-corrected chi connectivity index (χ2v) is 7.69. The van der Waals surface area contributed by atoms with Crippen LogP contribution < -0.4 is 14.8 Å². The second-order valence-electron chi connectivity index (χ2n) is 5.92. The first kappa shape index (κ1) is 19.6. The van der Waals surface area contributed by atoms with E-state index in [1.54, 1.807) is 7.11 Å². The van der Waals surface area contributed by atoms with E-state index in [0.717, 1.165) is 19.4 Å². The standard InChI is InChI=1S/C16H24N2O6S/c1-22-11-16(7-4-8-17-16)10-18-25(20,21)12-5-6-14(23-2)13(9-12)15(19)24-3/h5-6,9,17-18H,4,7-8,10-11H2,1-3H3. The number of benzene rings is 1. The van der Waals surface area contributed by atoms with Gasteiger partial charge in [0.25, 0.3) is 0 Å². The average molecular weight is 372 g/mol. The number of rotatable bonds is 8. The van der Waals surface area contributed by atoms with Gasteiger partial charge in [-0.15, -0.1) is 0 Å². The van der Waals surface area contributed by atoms with Gasteiger partial charge in [-0.1, -0.05) is 0 Å². The molecule has 1 aromatic carbocycles. The van der Waals surface area contributed by atoms with Crippen molar-refractivity contribution in [2.75, 3.05) is 41.0 Å². The van der Waals surface area contributed by atoms with Gasteiger partial charge in [0, 0.05) is 13.7 Å². The Morgan fingerprint density at radius 1 is 1.32 bits per heavy atom. The van der Waals surface area contributed by atoms with Crippen LogP contribution >= 0.6 is 0 Å². The summed E-state index contributed by atoms with van der Waals surface area (Å²) in [5.74, 6) is -0.415. The molecule has 0 radical (unpaired) electrons. The first-order chi connectivity index (χ1) is 11.9. The van der Waals surface area contributed by atoms with Crippen molar-refractivity contribution in [3.8, 4) is 5.75 Å². The maximum absolute atomic E-state index is 12.6. The number of nitrogens with one attached hydrogen (secondary N) is 2. The van der Waals surface area contributed by atoms with Crippen LogP contribution in [0.3, 0.4) is 0 Å². The summed E-state index contributed by atoms with van der Waals surface area (Å²) in [4.78, 5) is 11.8. The van der Waals surface area contributed by atoms with E-state index < -0.39 is 21.5 Å². The van der Waals surface area contributed by atoms with Gasteiger partial charge in [-0.3, -0.25) is 0 Å². The van der Waals surface area contributed by atoms with E-state index in [-0.39, 0.29) is 22.8 Å². The monoisotopic (exact) mass is 372 g/mol. The Morgan fingerprint density at radius 3 is 2.64 bits per heavy atom. The summed E-state index contributed by atoms with van der Waals surface area (Å²) >= 11 is 0. The van der Waals surface area contributed by atoms with E-state index in [1.807, 2.05) is 0 Å². The molecule has 9 heteroatoms. The number of hydrogen-bond acceptors (Lipinski definition) is 7. The summed E-state index contributed by atoms with van der Waals surface area (Å²) in [6.07, 6.45) is 1.78. The van der Waals surface area contributed by atoms with Gasteiger partial charge < -0.3 is 19.5 Å². The van der Waals surface area contributed by atoms with Gasteiger partial charge in [-0.05, 0) is 37.6 Å². The van der Waals surface area contributed by atoms with Crippen molar-refractivity contribution in [3.05, 3.63) is 23.8 Å². The molecular weight excluding hydrogens is 348 g/mol. The van der Waals surface area contributed by atoms with Gasteiger partial charge >= 0.3 is 5.97 Å². The molecule has 1 heterocycles. The van der Waals surface area contributed by atoms with Crippen molar-refractivity contribution in [2.45, 2.75) is 23.3 Å². The smallest absolute Gasteiger partial charge is 0.341 e. The molecule has 0 amide bonds. The Bertz CT molecular complexity index is 713. The first-order valence-electron chi connectivity index (χ1n) is 7.87. The summed E-state index contributed by atoms with van der Waals surface area (Å²) in [7, 11) is 0.404. The molecule has 1 fully saturated rings. The number of methoxy groups -OCH3 is 3. The zero-order valence-electron chi connectivity index (χ0n) is 14.6. The van der Waals surface area contributed by atoms with Crippen molar-refractivity contribution in [3.63, 3.8) is 0 Å². The molecular formula is C16H24N2O6S. The van der Waals surface area contributed by atoms with Crippen molar-refractivity contribution in [1.82, 2.24) is 10.0 Å². The Kier molecular flexibility index (Phi) is 6.39. The van der Waals surface area contributed by atoms with Gasteiger partial charge in [-0.2, -0.15) is 0 Å². The number of ether oxygens (including phenoxy) is 3. The SMILES string of the molecule is COCC1(CNS(=O)(=O)c2ccc(OC)c(C(=O)OC)c2)CCCN1. The molecule has 1 aromatic rings. The second kappa shape index (κ2) is 8.13. The van der Waals surface area contributed by atoms with Crippen molar-refractivity contribution in [1.29, 1.82) is 0 Å². The molecule has 140 valence electrons. The molecule has 0 saturated carbocycles. The van der Waals surface area contributed by atoms with E-state index in [9.17, 15) is 13.2 Å². The Morgan fingerprint density at radius 2 is 2.08 bits per heavy atom. The van der Waals surface area contributed by atoms with Gasteiger partial charge in [-0.25, -0.2) is 17.9 Å². The molecule has 0 spiro atoms. The predicted molar refractivity (Wildman–Crippen MR) is 91.4 cm³/mol. The zero-order valence-corrected chi connectivity index (χ0v) is 15.4. The largest absolute Gasteiger partial charge is 0.496 e. The normalized spacial score (nSPS) is 20.4. The summed E-state index contributed by atoms with van der Waals surface area (Å²) in [5, 5.41) is 3.31. The van der Waals surface area contributed by atoms with Crippen molar-refractivity contribution < 1.29 is 27.4 Å². The van der Waals surface area contributed by atoms with E-state index in [1.165, 1.54) is 32.4 Å². The molecule has 1 saturated heterocycles. The van der Waals surface area contributed by atoms with Crippen LogP contribution in [0.2, 0.25) is 0 Å². The van der Waals surface area contributed by atoms with E-state index in [2.05, 4.69) is 14.8 Å². The Balaban J connectivity index is 2.23. The van der Waals surface area contributed by atoms with Crippen molar-refractivity contribution in [2.24, 2.45) is 0 Å². The minimum absolute atomic E-state index is 0.0285. The van der Waals surface area contributed by atoms with Crippen LogP contribution in [-0.4, -0.2) is 61.0 Å². The van der Waals surface area contributed by atoms with Crippen molar-refractivity contribution >= 4 is 16.0 Å². The topological polar surface area (TPSA) is 103 Å². The molecule has 2 N–H and O–H groups in total. The fraction of sp³-hybridized carbons (Fsp3) is 0.562. The average Bonchev–Trinajstić information content (AvgIpc) is 3.08. The first-order valence-corrected chi connectivity index (χ1v) is 9.36. The third kappa shape index (κ3) is 4.49. The lowest BCUT2D eigenvalue weighted by Gasteiger charge is -2.28. The highest BCUT2D eigenvalue weighted by atomic mass is 32.2. The number of carbonyl (C=O) groups is 1.